The molecule has 160 valence electrons. The highest BCUT2D eigenvalue weighted by Crippen LogP contribution is 2.28. The number of amides is 1. The van der Waals surface area contributed by atoms with Crippen LogP contribution in [-0.4, -0.2) is 39.4 Å². The molecule has 0 spiro atoms. The van der Waals surface area contributed by atoms with Crippen molar-refractivity contribution < 1.29 is 23.8 Å². The second-order valence-corrected chi connectivity index (χ2v) is 6.72. The second kappa shape index (κ2) is 12.4. The molecule has 30 heavy (non-hydrogen) atoms. The van der Waals surface area contributed by atoms with E-state index in [-0.39, 0.29) is 6.54 Å². The standard InChI is InChI=1S/C24H29NO5/c1-19(11-9-10-16-30-18-20-12-5-4-6-13-20)21-14-7-8-15-22(21)25(24(27)29-3)17-23(26)28-2/h4-8,11-15H,9-10,16-18H2,1-3H3/b19-11+. The lowest BCUT2D eigenvalue weighted by Crippen LogP contribution is -2.36. The molecule has 0 saturated heterocycles. The Hall–Kier alpha value is -3.12. The molecule has 0 aliphatic heterocycles. The van der Waals surface area contributed by atoms with E-state index in [1.807, 2.05) is 55.5 Å². The lowest BCUT2D eigenvalue weighted by molar-refractivity contribution is -0.138. The Morgan fingerprint density at radius 3 is 2.37 bits per heavy atom. The number of para-hydroxylation sites is 1. The van der Waals surface area contributed by atoms with Crippen molar-refractivity contribution in [3.63, 3.8) is 0 Å². The van der Waals surface area contributed by atoms with Gasteiger partial charge in [-0.05, 0) is 37.0 Å². The van der Waals surface area contributed by atoms with Crippen LogP contribution in [0.25, 0.3) is 5.57 Å². The van der Waals surface area contributed by atoms with Crippen molar-refractivity contribution >= 4 is 23.3 Å². The van der Waals surface area contributed by atoms with Gasteiger partial charge in [0.1, 0.15) is 6.54 Å². The minimum Gasteiger partial charge on any atom is -0.468 e. The molecule has 0 fully saturated rings. The summed E-state index contributed by atoms with van der Waals surface area (Å²) in [7, 11) is 2.57. The number of benzene rings is 2. The molecule has 2 aromatic rings. The fraction of sp³-hybridized carbons (Fsp3) is 0.333. The molecular weight excluding hydrogens is 382 g/mol. The first-order valence-corrected chi connectivity index (χ1v) is 9.87. The maximum Gasteiger partial charge on any atom is 0.414 e. The summed E-state index contributed by atoms with van der Waals surface area (Å²) >= 11 is 0. The van der Waals surface area contributed by atoms with Crippen LogP contribution in [0.3, 0.4) is 0 Å². The topological polar surface area (TPSA) is 65.1 Å². The van der Waals surface area contributed by atoms with Crippen molar-refractivity contribution in [2.24, 2.45) is 0 Å². The number of hydrogen-bond acceptors (Lipinski definition) is 5. The quantitative estimate of drug-likeness (QED) is 0.414. The average molecular weight is 411 g/mol. The van der Waals surface area contributed by atoms with Gasteiger partial charge >= 0.3 is 12.1 Å². The van der Waals surface area contributed by atoms with Gasteiger partial charge in [0.05, 0.1) is 26.5 Å². The van der Waals surface area contributed by atoms with E-state index in [1.165, 1.54) is 19.1 Å². The smallest absolute Gasteiger partial charge is 0.414 e. The van der Waals surface area contributed by atoms with E-state index in [0.717, 1.165) is 29.5 Å². The van der Waals surface area contributed by atoms with Crippen LogP contribution in [-0.2, 0) is 25.6 Å². The molecule has 0 N–H and O–H groups in total. The molecule has 0 atom stereocenters. The highest BCUT2D eigenvalue weighted by Gasteiger charge is 2.22. The van der Waals surface area contributed by atoms with Crippen LogP contribution in [0.5, 0.6) is 0 Å². The molecule has 0 radical (unpaired) electrons. The zero-order valence-electron chi connectivity index (χ0n) is 17.8. The molecule has 0 saturated carbocycles. The van der Waals surface area contributed by atoms with Crippen molar-refractivity contribution in [2.45, 2.75) is 26.4 Å². The molecule has 2 aromatic carbocycles. The van der Waals surface area contributed by atoms with Crippen molar-refractivity contribution in [1.29, 1.82) is 0 Å². The van der Waals surface area contributed by atoms with Crippen LogP contribution in [0.4, 0.5) is 10.5 Å². The Labute approximate surface area is 178 Å². The summed E-state index contributed by atoms with van der Waals surface area (Å²) in [5.74, 6) is -0.521. The Morgan fingerprint density at radius 1 is 0.967 bits per heavy atom. The fourth-order valence-electron chi connectivity index (χ4n) is 2.97. The summed E-state index contributed by atoms with van der Waals surface area (Å²) in [5, 5.41) is 0. The van der Waals surface area contributed by atoms with Crippen LogP contribution < -0.4 is 4.90 Å². The molecule has 2 rings (SSSR count). The Kier molecular flexibility index (Phi) is 9.61. The molecule has 6 nitrogen and oxygen atoms in total. The fourth-order valence-corrected chi connectivity index (χ4v) is 2.97. The van der Waals surface area contributed by atoms with Gasteiger partial charge < -0.3 is 14.2 Å². The third-order valence-electron chi connectivity index (χ3n) is 4.58. The zero-order chi connectivity index (χ0) is 21.8. The minimum atomic E-state index is -0.616. The van der Waals surface area contributed by atoms with Gasteiger partial charge in [-0.15, -0.1) is 0 Å². The third kappa shape index (κ3) is 7.04. The van der Waals surface area contributed by atoms with Gasteiger partial charge in [0.25, 0.3) is 0 Å². The number of allylic oxidation sites excluding steroid dienone is 2. The number of hydrogen-bond donors (Lipinski definition) is 0. The first-order chi connectivity index (χ1) is 14.6. The molecule has 0 aromatic heterocycles. The summed E-state index contributed by atoms with van der Waals surface area (Å²) in [5.41, 5.74) is 3.62. The monoisotopic (exact) mass is 411 g/mol. The van der Waals surface area contributed by atoms with Gasteiger partial charge in [-0.2, -0.15) is 0 Å². The minimum absolute atomic E-state index is 0.221. The van der Waals surface area contributed by atoms with Crippen LogP contribution in [0.2, 0.25) is 0 Å². The molecule has 1 amide bonds. The van der Waals surface area contributed by atoms with Gasteiger partial charge in [0, 0.05) is 12.2 Å². The van der Waals surface area contributed by atoms with Gasteiger partial charge in [-0.3, -0.25) is 9.69 Å². The predicted molar refractivity (Wildman–Crippen MR) is 117 cm³/mol. The van der Waals surface area contributed by atoms with Crippen molar-refractivity contribution in [3.05, 3.63) is 71.8 Å². The molecular formula is C24H29NO5. The highest BCUT2D eigenvalue weighted by molar-refractivity contribution is 5.96. The first kappa shape index (κ1) is 23.2. The molecule has 0 unspecified atom stereocenters. The lowest BCUT2D eigenvalue weighted by atomic mass is 10.0. The van der Waals surface area contributed by atoms with Crippen LogP contribution in [0.15, 0.2) is 60.7 Å². The summed E-state index contributed by atoms with van der Waals surface area (Å²) < 4.78 is 15.3. The third-order valence-corrected chi connectivity index (χ3v) is 4.58. The van der Waals surface area contributed by atoms with E-state index in [2.05, 4.69) is 6.08 Å². The van der Waals surface area contributed by atoms with E-state index in [4.69, 9.17) is 14.2 Å². The molecule has 0 bridgehead atoms. The number of unbranched alkanes of at least 4 members (excludes halogenated alkanes) is 1. The van der Waals surface area contributed by atoms with E-state index in [0.29, 0.717) is 18.9 Å². The number of carbonyl (C=O) groups excluding carboxylic acids is 2. The van der Waals surface area contributed by atoms with Gasteiger partial charge in [-0.25, -0.2) is 4.79 Å². The molecule has 6 heteroatoms. The van der Waals surface area contributed by atoms with E-state index >= 15 is 0 Å². The zero-order valence-corrected chi connectivity index (χ0v) is 17.8. The SMILES string of the molecule is COC(=O)CN(C(=O)OC)c1ccccc1/C(C)=C/CCCOCc1ccccc1. The second-order valence-electron chi connectivity index (χ2n) is 6.72. The number of carbonyl (C=O) groups is 2. The van der Waals surface area contributed by atoms with Crippen LogP contribution in [0.1, 0.15) is 30.9 Å². The summed E-state index contributed by atoms with van der Waals surface area (Å²) in [4.78, 5) is 25.3. The number of ether oxygens (including phenoxy) is 3. The van der Waals surface area contributed by atoms with E-state index in [1.54, 1.807) is 6.07 Å². The Morgan fingerprint density at radius 2 is 1.67 bits per heavy atom. The average Bonchev–Trinajstić information content (AvgIpc) is 2.79. The van der Waals surface area contributed by atoms with Gasteiger partial charge in [-0.1, -0.05) is 54.6 Å². The number of anilines is 1. The van der Waals surface area contributed by atoms with Gasteiger partial charge in [0.2, 0.25) is 0 Å². The number of methoxy groups -OCH3 is 2. The van der Waals surface area contributed by atoms with Crippen molar-refractivity contribution in [1.82, 2.24) is 0 Å². The van der Waals surface area contributed by atoms with Crippen molar-refractivity contribution in [2.75, 3.05) is 32.3 Å². The molecule has 0 heterocycles. The van der Waals surface area contributed by atoms with Crippen LogP contribution in [0, 0.1) is 0 Å². The number of nitrogens with zero attached hydrogens (tertiary/aromatic N) is 1. The Bertz CT molecular complexity index is 848. The summed E-state index contributed by atoms with van der Waals surface area (Å²) in [6.45, 7) is 3.03. The molecule has 0 aliphatic rings. The lowest BCUT2D eigenvalue weighted by Gasteiger charge is -2.23. The normalized spacial score (nSPS) is 11.1. The van der Waals surface area contributed by atoms with E-state index in [9.17, 15) is 9.59 Å². The highest BCUT2D eigenvalue weighted by atomic mass is 16.5. The number of esters is 1. The van der Waals surface area contributed by atoms with Crippen molar-refractivity contribution in [3.8, 4) is 0 Å². The van der Waals surface area contributed by atoms with E-state index < -0.39 is 12.1 Å². The predicted octanol–water partition coefficient (Wildman–Crippen LogP) is 4.83. The Balaban J connectivity index is 1.99. The maximum absolute atomic E-state index is 12.2. The maximum atomic E-state index is 12.2. The van der Waals surface area contributed by atoms with Crippen LogP contribution >= 0.6 is 0 Å². The first-order valence-electron chi connectivity index (χ1n) is 9.87. The van der Waals surface area contributed by atoms with Gasteiger partial charge in [0.15, 0.2) is 0 Å². The molecule has 0 aliphatic carbocycles. The summed E-state index contributed by atoms with van der Waals surface area (Å²) in [6, 6.07) is 17.5. The number of rotatable bonds is 10. The summed E-state index contributed by atoms with van der Waals surface area (Å²) in [6.07, 6.45) is 3.22. The largest absolute Gasteiger partial charge is 0.468 e.